The van der Waals surface area contributed by atoms with Gasteiger partial charge in [-0.15, -0.1) is 0 Å². The van der Waals surface area contributed by atoms with Gasteiger partial charge < -0.3 is 19.9 Å². The van der Waals surface area contributed by atoms with Crippen molar-refractivity contribution in [3.63, 3.8) is 0 Å². The predicted octanol–water partition coefficient (Wildman–Crippen LogP) is 0.587. The summed E-state index contributed by atoms with van der Waals surface area (Å²) in [5.41, 5.74) is 2.38. The fraction of sp³-hybridized carbons (Fsp3) is 0.765. The van der Waals surface area contributed by atoms with Crippen molar-refractivity contribution >= 4 is 5.91 Å². The molecule has 0 radical (unpaired) electrons. The fourth-order valence-electron chi connectivity index (χ4n) is 3.66. The molecule has 0 bridgehead atoms. The van der Waals surface area contributed by atoms with Crippen molar-refractivity contribution in [2.75, 3.05) is 33.0 Å². The average Bonchev–Trinajstić information content (AvgIpc) is 2.96. The van der Waals surface area contributed by atoms with Crippen LogP contribution in [0.1, 0.15) is 47.4 Å². The Morgan fingerprint density at radius 1 is 1.38 bits per heavy atom. The van der Waals surface area contributed by atoms with E-state index in [4.69, 9.17) is 14.6 Å². The number of nitrogens with zero attached hydrogens (tertiary/aromatic N) is 2. The van der Waals surface area contributed by atoms with Gasteiger partial charge >= 0.3 is 0 Å². The highest BCUT2D eigenvalue weighted by Crippen LogP contribution is 2.26. The molecule has 0 atom stereocenters. The Kier molecular flexibility index (Phi) is 5.53. The van der Waals surface area contributed by atoms with E-state index in [0.717, 1.165) is 31.2 Å². The van der Waals surface area contributed by atoms with Crippen molar-refractivity contribution in [1.29, 1.82) is 0 Å². The van der Waals surface area contributed by atoms with Crippen LogP contribution in [0.15, 0.2) is 0 Å². The molecule has 1 aromatic heterocycles. The van der Waals surface area contributed by atoms with Crippen LogP contribution in [0.4, 0.5) is 0 Å². The number of ether oxygens (including phenoxy) is 2. The first-order chi connectivity index (χ1) is 11.7. The topological polar surface area (TPSA) is 85.6 Å². The van der Waals surface area contributed by atoms with Gasteiger partial charge in [0.05, 0.1) is 18.8 Å². The number of aliphatic hydroxyl groups excluding tert-OH is 1. The van der Waals surface area contributed by atoms with E-state index in [1.807, 2.05) is 11.7 Å². The highest BCUT2D eigenvalue weighted by Gasteiger charge is 2.34. The third-order valence-corrected chi connectivity index (χ3v) is 5.05. The number of aromatic nitrogens is 2. The molecular weight excluding hydrogens is 310 g/mol. The molecule has 1 amide bonds. The van der Waals surface area contributed by atoms with Crippen molar-refractivity contribution < 1.29 is 19.4 Å². The van der Waals surface area contributed by atoms with Crippen LogP contribution in [0.5, 0.6) is 0 Å². The standard InChI is InChI=1S/C17H27N3O4/c1-20-14-5-3-2-4-13(14)15(19-20)16(22)18-12-17(24-11-8-21)6-9-23-10-7-17/h21H,2-12H2,1H3,(H,18,22). The van der Waals surface area contributed by atoms with Crippen LogP contribution < -0.4 is 5.32 Å². The first-order valence-electron chi connectivity index (χ1n) is 8.81. The second-order valence-electron chi connectivity index (χ2n) is 6.65. The highest BCUT2D eigenvalue weighted by atomic mass is 16.5. The van der Waals surface area contributed by atoms with E-state index in [0.29, 0.717) is 38.3 Å². The van der Waals surface area contributed by atoms with Gasteiger partial charge in [-0.05, 0) is 25.7 Å². The maximum absolute atomic E-state index is 12.7. The van der Waals surface area contributed by atoms with Crippen LogP contribution in [-0.4, -0.2) is 59.4 Å². The lowest BCUT2D eigenvalue weighted by Crippen LogP contribution is -2.49. The summed E-state index contributed by atoms with van der Waals surface area (Å²) in [4.78, 5) is 12.7. The van der Waals surface area contributed by atoms with Gasteiger partial charge in [0.25, 0.3) is 5.91 Å². The van der Waals surface area contributed by atoms with Gasteiger partial charge in [-0.1, -0.05) is 0 Å². The van der Waals surface area contributed by atoms with Crippen molar-refractivity contribution in [1.82, 2.24) is 15.1 Å². The SMILES string of the molecule is Cn1nc(C(=O)NCC2(OCCO)CCOCC2)c2c1CCCC2. The molecule has 7 heteroatoms. The zero-order valence-electron chi connectivity index (χ0n) is 14.3. The molecule has 7 nitrogen and oxygen atoms in total. The summed E-state index contributed by atoms with van der Waals surface area (Å²) < 4.78 is 13.1. The Bertz CT molecular complexity index is 579. The van der Waals surface area contributed by atoms with E-state index >= 15 is 0 Å². The number of fused-ring (bicyclic) bond motifs is 1. The van der Waals surface area contributed by atoms with Crippen molar-refractivity contribution in [2.24, 2.45) is 7.05 Å². The van der Waals surface area contributed by atoms with E-state index in [1.54, 1.807) is 0 Å². The number of carbonyl (C=O) groups excluding carboxylic acids is 1. The van der Waals surface area contributed by atoms with Crippen LogP contribution in [-0.2, 0) is 29.4 Å². The normalized spacial score (nSPS) is 19.8. The molecule has 2 aliphatic rings. The van der Waals surface area contributed by atoms with Gasteiger partial charge in [0.2, 0.25) is 0 Å². The molecular formula is C17H27N3O4. The number of amides is 1. The quantitative estimate of drug-likeness (QED) is 0.793. The summed E-state index contributed by atoms with van der Waals surface area (Å²) in [5.74, 6) is -0.132. The van der Waals surface area contributed by atoms with Gasteiger partial charge in [-0.2, -0.15) is 5.10 Å². The van der Waals surface area contributed by atoms with E-state index in [-0.39, 0.29) is 19.1 Å². The van der Waals surface area contributed by atoms with E-state index in [9.17, 15) is 4.79 Å². The minimum atomic E-state index is -0.453. The molecule has 24 heavy (non-hydrogen) atoms. The molecule has 0 saturated carbocycles. The summed E-state index contributed by atoms with van der Waals surface area (Å²) in [6, 6.07) is 0. The lowest BCUT2D eigenvalue weighted by molar-refractivity contribution is -0.114. The summed E-state index contributed by atoms with van der Waals surface area (Å²) in [7, 11) is 1.91. The number of hydrogen-bond acceptors (Lipinski definition) is 5. The second-order valence-corrected chi connectivity index (χ2v) is 6.65. The van der Waals surface area contributed by atoms with Crippen LogP contribution in [0.25, 0.3) is 0 Å². The fourth-order valence-corrected chi connectivity index (χ4v) is 3.66. The molecule has 1 saturated heterocycles. The van der Waals surface area contributed by atoms with Crippen LogP contribution in [0.3, 0.4) is 0 Å². The summed E-state index contributed by atoms with van der Waals surface area (Å²) in [5, 5.41) is 16.5. The van der Waals surface area contributed by atoms with E-state index in [2.05, 4.69) is 10.4 Å². The number of nitrogens with one attached hydrogen (secondary N) is 1. The molecule has 1 aliphatic heterocycles. The Labute approximate surface area is 142 Å². The minimum Gasteiger partial charge on any atom is -0.394 e. The zero-order chi connectivity index (χ0) is 17.0. The number of hydrogen-bond donors (Lipinski definition) is 2. The first-order valence-corrected chi connectivity index (χ1v) is 8.81. The average molecular weight is 337 g/mol. The van der Waals surface area contributed by atoms with Crippen LogP contribution >= 0.6 is 0 Å². The van der Waals surface area contributed by atoms with Gasteiger partial charge in [0.15, 0.2) is 5.69 Å². The summed E-state index contributed by atoms with van der Waals surface area (Å²) >= 11 is 0. The molecule has 0 aromatic carbocycles. The maximum Gasteiger partial charge on any atom is 0.272 e. The molecule has 1 aromatic rings. The summed E-state index contributed by atoms with van der Waals surface area (Å²) in [6.07, 6.45) is 5.62. The zero-order valence-corrected chi connectivity index (χ0v) is 14.3. The van der Waals surface area contributed by atoms with Gasteiger partial charge in [0, 0.05) is 50.9 Å². The van der Waals surface area contributed by atoms with Crippen LogP contribution in [0.2, 0.25) is 0 Å². The lowest BCUT2D eigenvalue weighted by atomic mass is 9.93. The number of carbonyl (C=O) groups is 1. The number of rotatable bonds is 6. The van der Waals surface area contributed by atoms with Crippen LogP contribution in [0, 0.1) is 0 Å². The Morgan fingerprint density at radius 3 is 2.88 bits per heavy atom. The molecule has 0 unspecified atom stereocenters. The molecule has 2 heterocycles. The van der Waals surface area contributed by atoms with Gasteiger partial charge in [0.1, 0.15) is 0 Å². The van der Waals surface area contributed by atoms with E-state index in [1.165, 1.54) is 5.69 Å². The van der Waals surface area contributed by atoms with Crippen molar-refractivity contribution in [3.05, 3.63) is 17.0 Å². The monoisotopic (exact) mass is 337 g/mol. The highest BCUT2D eigenvalue weighted by molar-refractivity contribution is 5.94. The second kappa shape index (κ2) is 7.63. The van der Waals surface area contributed by atoms with Crippen molar-refractivity contribution in [3.8, 4) is 0 Å². The molecule has 2 N–H and O–H groups in total. The predicted molar refractivity (Wildman–Crippen MR) is 88.0 cm³/mol. The third kappa shape index (κ3) is 3.63. The van der Waals surface area contributed by atoms with Gasteiger partial charge in [-0.3, -0.25) is 9.48 Å². The number of aliphatic hydroxyl groups is 1. The Hall–Kier alpha value is -1.44. The third-order valence-electron chi connectivity index (χ3n) is 5.05. The lowest BCUT2D eigenvalue weighted by Gasteiger charge is -2.37. The number of aryl methyl sites for hydroxylation is 1. The molecule has 1 fully saturated rings. The largest absolute Gasteiger partial charge is 0.394 e. The van der Waals surface area contributed by atoms with E-state index < -0.39 is 5.60 Å². The Morgan fingerprint density at radius 2 is 2.12 bits per heavy atom. The van der Waals surface area contributed by atoms with Gasteiger partial charge in [-0.25, -0.2) is 0 Å². The first kappa shape index (κ1) is 17.4. The van der Waals surface area contributed by atoms with Crippen molar-refractivity contribution in [2.45, 2.75) is 44.1 Å². The smallest absolute Gasteiger partial charge is 0.272 e. The maximum atomic E-state index is 12.7. The molecule has 0 spiro atoms. The molecule has 134 valence electrons. The molecule has 1 aliphatic carbocycles. The minimum absolute atomic E-state index is 0.0235. The molecule has 3 rings (SSSR count). The summed E-state index contributed by atoms with van der Waals surface area (Å²) in [6.45, 7) is 1.89. The Balaban J connectivity index is 1.68.